The van der Waals surface area contributed by atoms with Gasteiger partial charge in [0.1, 0.15) is 0 Å². The van der Waals surface area contributed by atoms with E-state index < -0.39 is 7.92 Å². The van der Waals surface area contributed by atoms with Crippen LogP contribution in [-0.4, -0.2) is 5.78 Å². The predicted octanol–water partition coefficient (Wildman–Crippen LogP) is 7.96. The first-order valence-electron chi connectivity index (χ1n) is 12.8. The second-order valence-corrected chi connectivity index (χ2v) is 10.8. The third-order valence-corrected chi connectivity index (χ3v) is 8.45. The first-order valence-corrected chi connectivity index (χ1v) is 14.1. The fraction of sp³-hybridized carbons (Fsp3) is 0.344. The lowest BCUT2D eigenvalue weighted by Crippen LogP contribution is -2.20. The van der Waals surface area contributed by atoms with E-state index in [0.29, 0.717) is 12.3 Å². The largest absolute Gasteiger partial charge is 0.295 e. The van der Waals surface area contributed by atoms with Crippen molar-refractivity contribution >= 4 is 29.6 Å². The molecule has 0 fully saturated rings. The summed E-state index contributed by atoms with van der Waals surface area (Å²) in [5, 5.41) is 4.19. The first kappa shape index (κ1) is 27.7. The number of carbonyl (C=O) groups is 1. The van der Waals surface area contributed by atoms with Gasteiger partial charge in [0, 0.05) is 6.42 Å². The van der Waals surface area contributed by atoms with Crippen LogP contribution in [0.3, 0.4) is 0 Å². The standard InChI is InChI=1S/C18H15P.C14H26O/c1-4-10-16(11-5-1)19(17-12-6-2-7-13-17)18-14-8-3-9-15-18;1-5-8-9-11-13(10-6-2)12(4)14(15)7-3/h1-15H;13H,4-11H2,1-3H3. The zero-order valence-corrected chi connectivity index (χ0v) is 22.1. The van der Waals surface area contributed by atoms with Gasteiger partial charge >= 0.3 is 0 Å². The Morgan fingerprint density at radius 1 is 0.676 bits per heavy atom. The van der Waals surface area contributed by atoms with Crippen molar-refractivity contribution in [3.8, 4) is 0 Å². The van der Waals surface area contributed by atoms with Gasteiger partial charge in [-0.1, -0.05) is 144 Å². The zero-order chi connectivity index (χ0) is 24.6. The quantitative estimate of drug-likeness (QED) is 0.148. The summed E-state index contributed by atoms with van der Waals surface area (Å²) in [6, 6.07) is 32.3. The van der Waals surface area contributed by atoms with Crippen molar-refractivity contribution in [2.24, 2.45) is 5.92 Å². The molecule has 2 heteroatoms. The summed E-state index contributed by atoms with van der Waals surface area (Å²) in [5.74, 6) is 0.693. The summed E-state index contributed by atoms with van der Waals surface area (Å²) in [6.07, 6.45) is 7.76. The van der Waals surface area contributed by atoms with Gasteiger partial charge < -0.3 is 0 Å². The fourth-order valence-corrected chi connectivity index (χ4v) is 6.42. The molecule has 0 heterocycles. The van der Waals surface area contributed by atoms with Gasteiger partial charge in [-0.15, -0.1) is 0 Å². The van der Waals surface area contributed by atoms with Crippen molar-refractivity contribution in [2.75, 3.05) is 0 Å². The van der Waals surface area contributed by atoms with E-state index in [9.17, 15) is 4.79 Å². The number of Topliss-reactive ketones (excluding diaryl/α,β-unsaturated/α-hetero) is 1. The number of allylic oxidation sites excluding steroid dienone is 1. The molecule has 0 spiro atoms. The molecule has 3 aromatic carbocycles. The van der Waals surface area contributed by atoms with E-state index in [0.717, 1.165) is 24.8 Å². The Hall–Kier alpha value is -2.50. The smallest absolute Gasteiger partial charge is 0.158 e. The molecule has 0 saturated heterocycles. The van der Waals surface area contributed by atoms with Crippen molar-refractivity contribution < 1.29 is 4.79 Å². The summed E-state index contributed by atoms with van der Waals surface area (Å²) < 4.78 is 0. The molecule has 0 radical (unpaired) electrons. The Kier molecular flexibility index (Phi) is 13.2. The highest BCUT2D eigenvalue weighted by molar-refractivity contribution is 7.79. The Balaban J connectivity index is 0.000000249. The van der Waals surface area contributed by atoms with Crippen molar-refractivity contribution in [1.29, 1.82) is 0 Å². The van der Waals surface area contributed by atoms with Crippen LogP contribution in [0.1, 0.15) is 65.7 Å². The minimum absolute atomic E-state index is 0.255. The molecule has 0 N–H and O–H groups in total. The van der Waals surface area contributed by atoms with Gasteiger partial charge in [-0.2, -0.15) is 0 Å². The maximum Gasteiger partial charge on any atom is 0.158 e. The lowest BCUT2D eigenvalue weighted by molar-refractivity contribution is -0.115. The molecule has 0 bridgehead atoms. The van der Waals surface area contributed by atoms with Crippen LogP contribution in [0.5, 0.6) is 0 Å². The van der Waals surface area contributed by atoms with Gasteiger partial charge in [-0.05, 0) is 48.2 Å². The van der Waals surface area contributed by atoms with E-state index in [1.807, 2.05) is 6.92 Å². The zero-order valence-electron chi connectivity index (χ0n) is 21.2. The van der Waals surface area contributed by atoms with Crippen LogP contribution in [0.4, 0.5) is 0 Å². The fourth-order valence-electron chi connectivity index (χ4n) is 4.12. The topological polar surface area (TPSA) is 17.1 Å². The molecule has 0 aliphatic heterocycles. The Labute approximate surface area is 209 Å². The molecule has 1 atom stereocenters. The molecule has 3 aromatic rings. The van der Waals surface area contributed by atoms with E-state index in [4.69, 9.17) is 0 Å². The number of hydrogen-bond donors (Lipinski definition) is 0. The molecule has 0 amide bonds. The normalized spacial score (nSPS) is 11.4. The van der Waals surface area contributed by atoms with E-state index in [2.05, 4.69) is 111 Å². The summed E-state index contributed by atoms with van der Waals surface area (Å²) in [4.78, 5) is 11.6. The SMILES string of the molecule is C=C(C(=O)CC)C(CCC)CCCCC.c1ccc(P(c2ccccc2)c2ccccc2)cc1. The van der Waals surface area contributed by atoms with E-state index in [1.165, 1.54) is 35.2 Å². The lowest BCUT2D eigenvalue weighted by atomic mass is 9.87. The average molecular weight is 473 g/mol. The Morgan fingerprint density at radius 3 is 1.47 bits per heavy atom. The van der Waals surface area contributed by atoms with Gasteiger partial charge in [0.2, 0.25) is 0 Å². The van der Waals surface area contributed by atoms with Crippen molar-refractivity contribution in [3.05, 3.63) is 103 Å². The van der Waals surface area contributed by atoms with E-state index in [1.54, 1.807) is 0 Å². The molecule has 0 aliphatic rings. The number of benzene rings is 3. The third kappa shape index (κ3) is 9.03. The van der Waals surface area contributed by atoms with Crippen molar-refractivity contribution in [2.45, 2.75) is 65.7 Å². The number of carbonyl (C=O) groups excluding carboxylic acids is 1. The molecular weight excluding hydrogens is 431 g/mol. The van der Waals surface area contributed by atoms with Crippen LogP contribution < -0.4 is 15.9 Å². The van der Waals surface area contributed by atoms with Crippen molar-refractivity contribution in [3.63, 3.8) is 0 Å². The maximum absolute atomic E-state index is 11.6. The molecule has 1 unspecified atom stereocenters. The second kappa shape index (κ2) is 16.2. The summed E-state index contributed by atoms with van der Waals surface area (Å²) in [5.41, 5.74) is 0.871. The molecule has 180 valence electrons. The third-order valence-electron chi connectivity index (χ3n) is 6.01. The van der Waals surface area contributed by atoms with E-state index in [-0.39, 0.29) is 5.78 Å². The van der Waals surface area contributed by atoms with Gasteiger partial charge in [-0.25, -0.2) is 0 Å². The first-order chi connectivity index (χ1) is 16.6. The monoisotopic (exact) mass is 472 g/mol. The van der Waals surface area contributed by atoms with Crippen LogP contribution in [-0.2, 0) is 4.79 Å². The Morgan fingerprint density at radius 2 is 1.12 bits per heavy atom. The highest BCUT2D eigenvalue weighted by atomic mass is 31.1. The number of ketones is 1. The van der Waals surface area contributed by atoms with Crippen LogP contribution in [0.25, 0.3) is 0 Å². The van der Waals surface area contributed by atoms with Gasteiger partial charge in [0.25, 0.3) is 0 Å². The highest BCUT2D eigenvalue weighted by Crippen LogP contribution is 2.32. The summed E-state index contributed by atoms with van der Waals surface area (Å²) >= 11 is 0. The highest BCUT2D eigenvalue weighted by Gasteiger charge is 2.16. The minimum atomic E-state index is -0.446. The molecule has 0 aromatic heterocycles. The van der Waals surface area contributed by atoms with Crippen LogP contribution in [0, 0.1) is 5.92 Å². The molecule has 34 heavy (non-hydrogen) atoms. The van der Waals surface area contributed by atoms with Crippen LogP contribution in [0.15, 0.2) is 103 Å². The van der Waals surface area contributed by atoms with Crippen LogP contribution in [0.2, 0.25) is 0 Å². The van der Waals surface area contributed by atoms with Gasteiger partial charge in [0.05, 0.1) is 0 Å². The summed E-state index contributed by atoms with van der Waals surface area (Å²) in [7, 11) is -0.446. The number of hydrogen-bond acceptors (Lipinski definition) is 1. The van der Waals surface area contributed by atoms with Crippen LogP contribution >= 0.6 is 7.92 Å². The molecule has 0 aliphatic carbocycles. The molecular formula is C32H41OP. The predicted molar refractivity (Wildman–Crippen MR) is 152 cm³/mol. The molecule has 3 rings (SSSR count). The minimum Gasteiger partial charge on any atom is -0.295 e. The molecule has 0 saturated carbocycles. The summed E-state index contributed by atoms with van der Waals surface area (Å²) in [6.45, 7) is 10.3. The second-order valence-electron chi connectivity index (χ2n) is 8.63. The number of unbranched alkanes of at least 4 members (excludes halogenated alkanes) is 2. The number of rotatable bonds is 12. The average Bonchev–Trinajstić information content (AvgIpc) is 2.90. The van der Waals surface area contributed by atoms with Crippen molar-refractivity contribution in [1.82, 2.24) is 0 Å². The maximum atomic E-state index is 11.6. The van der Waals surface area contributed by atoms with Gasteiger partial charge in [-0.3, -0.25) is 4.79 Å². The molecule has 1 nitrogen and oxygen atoms in total. The lowest BCUT2D eigenvalue weighted by Gasteiger charge is -2.18. The Bertz CT molecular complexity index is 856. The van der Waals surface area contributed by atoms with E-state index >= 15 is 0 Å². The van der Waals surface area contributed by atoms with Gasteiger partial charge in [0.15, 0.2) is 5.78 Å².